The molecule has 0 saturated heterocycles. The van der Waals surface area contributed by atoms with Gasteiger partial charge in [-0.2, -0.15) is 0 Å². The van der Waals surface area contributed by atoms with Crippen LogP contribution in [0.15, 0.2) is 64.2 Å². The lowest BCUT2D eigenvalue weighted by Crippen LogP contribution is -2.29. The van der Waals surface area contributed by atoms with Gasteiger partial charge in [-0.15, -0.1) is 0 Å². The molecule has 2 N–H and O–H groups in total. The van der Waals surface area contributed by atoms with Crippen molar-refractivity contribution in [2.75, 3.05) is 0 Å². The van der Waals surface area contributed by atoms with Crippen LogP contribution in [-0.4, -0.2) is 28.7 Å². The molecule has 0 amide bonds. The van der Waals surface area contributed by atoms with Gasteiger partial charge in [0.25, 0.3) is 0 Å². The summed E-state index contributed by atoms with van der Waals surface area (Å²) in [6.45, 7) is 3.94. The second-order valence-electron chi connectivity index (χ2n) is 7.53. The molecule has 2 aliphatic carbocycles. The number of carbonyl (C=O) groups is 2. The van der Waals surface area contributed by atoms with E-state index in [2.05, 4.69) is 15.9 Å². The topological polar surface area (TPSA) is 74.6 Å². The molecule has 32 heavy (non-hydrogen) atoms. The van der Waals surface area contributed by atoms with Gasteiger partial charge < -0.3 is 10.0 Å². The predicted molar refractivity (Wildman–Crippen MR) is 125 cm³/mol. The zero-order chi connectivity index (χ0) is 23.8. The molecule has 2 aromatic carbocycles. The highest BCUT2D eigenvalue weighted by Gasteiger charge is 2.21. The Bertz CT molecular complexity index is 1030. The highest BCUT2D eigenvalue weighted by atomic mass is 79.9. The average molecular weight is 505 g/mol. The van der Waals surface area contributed by atoms with E-state index in [1.54, 1.807) is 12.1 Å². The number of Topliss-reactive ketones (excluding diaryl/α,β-unsaturated/α-hetero) is 2. The standard InChI is InChI=1S/C12H11FO.C6H6BFO2.C6H7BrO/c1-8-2-7-11(14)12(8)9-3-5-10(13)6-4-9;8-6-3-1-5(2-4-6)7(9)10;1-4-2-3-5(8)6(4)7/h3-6H,2,7H2,1H3;1-4,9-10H;2-3H2,1H3. The molecule has 0 bridgehead atoms. The molecule has 0 fully saturated rings. The second kappa shape index (κ2) is 12.0. The van der Waals surface area contributed by atoms with Gasteiger partial charge in [0.2, 0.25) is 0 Å². The van der Waals surface area contributed by atoms with Crippen LogP contribution in [0.4, 0.5) is 8.78 Å². The molecule has 2 aliphatic rings. The van der Waals surface area contributed by atoms with E-state index < -0.39 is 7.12 Å². The zero-order valence-electron chi connectivity index (χ0n) is 17.9. The lowest BCUT2D eigenvalue weighted by molar-refractivity contribution is -0.114. The number of hydrogen-bond acceptors (Lipinski definition) is 4. The summed E-state index contributed by atoms with van der Waals surface area (Å²) in [5, 5.41) is 17.1. The van der Waals surface area contributed by atoms with E-state index in [-0.39, 0.29) is 23.2 Å². The molecule has 8 heteroatoms. The fraction of sp³-hybridized carbons (Fsp3) is 0.250. The first-order valence-electron chi connectivity index (χ1n) is 10.1. The Balaban J connectivity index is 0.000000178. The predicted octanol–water partition coefficient (Wildman–Crippen LogP) is 4.49. The van der Waals surface area contributed by atoms with Crippen molar-refractivity contribution in [2.24, 2.45) is 0 Å². The van der Waals surface area contributed by atoms with Crippen LogP contribution in [0.5, 0.6) is 0 Å². The summed E-state index contributed by atoms with van der Waals surface area (Å²) in [5.41, 5.74) is 4.22. The fourth-order valence-corrected chi connectivity index (χ4v) is 3.60. The smallest absolute Gasteiger partial charge is 0.423 e. The number of halogens is 3. The highest BCUT2D eigenvalue weighted by Crippen LogP contribution is 2.30. The fourth-order valence-electron chi connectivity index (χ4n) is 3.21. The van der Waals surface area contributed by atoms with Crippen molar-refractivity contribution in [1.82, 2.24) is 0 Å². The Hall–Kier alpha value is -2.42. The molecular formula is C24H24BBrF2O4. The summed E-state index contributed by atoms with van der Waals surface area (Å²) in [7, 11) is -1.51. The second-order valence-corrected chi connectivity index (χ2v) is 8.32. The summed E-state index contributed by atoms with van der Waals surface area (Å²) >= 11 is 3.20. The first-order valence-corrected chi connectivity index (χ1v) is 10.9. The van der Waals surface area contributed by atoms with Crippen LogP contribution in [-0.2, 0) is 9.59 Å². The van der Waals surface area contributed by atoms with Gasteiger partial charge in [-0.3, -0.25) is 9.59 Å². The van der Waals surface area contributed by atoms with Crippen LogP contribution >= 0.6 is 15.9 Å². The molecule has 4 nitrogen and oxygen atoms in total. The molecule has 0 heterocycles. The van der Waals surface area contributed by atoms with Crippen LogP contribution in [0, 0.1) is 11.6 Å². The Morgan fingerprint density at radius 2 is 1.22 bits per heavy atom. The zero-order valence-corrected chi connectivity index (χ0v) is 19.5. The Morgan fingerprint density at radius 1 is 0.750 bits per heavy atom. The minimum Gasteiger partial charge on any atom is -0.423 e. The molecule has 0 atom stereocenters. The number of hydrogen-bond donors (Lipinski definition) is 2. The van der Waals surface area contributed by atoms with Gasteiger partial charge in [-0.05, 0) is 77.9 Å². The summed E-state index contributed by atoms with van der Waals surface area (Å²) in [6.07, 6.45) is 3.08. The quantitative estimate of drug-likeness (QED) is 0.591. The van der Waals surface area contributed by atoms with Crippen LogP contribution in [0.3, 0.4) is 0 Å². The highest BCUT2D eigenvalue weighted by molar-refractivity contribution is 9.12. The van der Waals surface area contributed by atoms with Crippen molar-refractivity contribution in [1.29, 1.82) is 0 Å². The average Bonchev–Trinajstić information content (AvgIpc) is 3.25. The van der Waals surface area contributed by atoms with Crippen molar-refractivity contribution in [3.05, 3.63) is 81.4 Å². The van der Waals surface area contributed by atoms with Crippen LogP contribution in [0.25, 0.3) is 5.57 Å². The van der Waals surface area contributed by atoms with Crippen molar-refractivity contribution in [3.8, 4) is 0 Å². The number of ketones is 2. The van der Waals surface area contributed by atoms with Gasteiger partial charge in [-0.25, -0.2) is 8.78 Å². The van der Waals surface area contributed by atoms with Gasteiger partial charge in [0.15, 0.2) is 11.6 Å². The van der Waals surface area contributed by atoms with E-state index in [1.807, 2.05) is 13.8 Å². The lowest BCUT2D eigenvalue weighted by atomic mass is 9.80. The minimum atomic E-state index is -1.51. The van der Waals surface area contributed by atoms with Crippen molar-refractivity contribution >= 4 is 45.7 Å². The first-order chi connectivity index (χ1) is 15.1. The van der Waals surface area contributed by atoms with Gasteiger partial charge in [-0.1, -0.05) is 35.4 Å². The van der Waals surface area contributed by atoms with Gasteiger partial charge in [0, 0.05) is 18.4 Å². The third-order valence-electron chi connectivity index (χ3n) is 5.08. The summed E-state index contributed by atoms with van der Waals surface area (Å²) < 4.78 is 25.7. The third kappa shape index (κ3) is 7.33. The molecule has 0 unspecified atom stereocenters. The van der Waals surface area contributed by atoms with Crippen molar-refractivity contribution in [3.63, 3.8) is 0 Å². The Labute approximate surface area is 194 Å². The normalized spacial score (nSPS) is 15.3. The maximum atomic E-state index is 12.7. The molecule has 4 rings (SSSR count). The summed E-state index contributed by atoms with van der Waals surface area (Å²) in [6, 6.07) is 11.1. The van der Waals surface area contributed by atoms with Gasteiger partial charge in [0.1, 0.15) is 11.6 Å². The van der Waals surface area contributed by atoms with Crippen LogP contribution in [0.1, 0.15) is 45.1 Å². The van der Waals surface area contributed by atoms with Crippen LogP contribution in [0.2, 0.25) is 0 Å². The summed E-state index contributed by atoms with van der Waals surface area (Å²) in [4.78, 5) is 22.2. The van der Waals surface area contributed by atoms with E-state index in [4.69, 9.17) is 10.0 Å². The SMILES string of the molecule is CC1=C(Br)C(=O)CC1.CC1=C(c2ccc(F)cc2)C(=O)CC1.OB(O)c1ccc(F)cc1. The molecular weight excluding hydrogens is 481 g/mol. The molecule has 0 aromatic heterocycles. The van der Waals surface area contributed by atoms with Crippen molar-refractivity contribution < 1.29 is 28.4 Å². The van der Waals surface area contributed by atoms with E-state index in [0.717, 1.165) is 34.0 Å². The monoisotopic (exact) mass is 504 g/mol. The molecule has 0 saturated carbocycles. The maximum absolute atomic E-state index is 12.7. The first kappa shape index (κ1) is 25.8. The Morgan fingerprint density at radius 3 is 1.56 bits per heavy atom. The summed E-state index contributed by atoms with van der Waals surface area (Å²) in [5.74, 6) is -0.224. The number of carbonyl (C=O) groups excluding carboxylic acids is 2. The van der Waals surface area contributed by atoms with E-state index in [9.17, 15) is 18.4 Å². The molecule has 0 radical (unpaired) electrons. The largest absolute Gasteiger partial charge is 0.488 e. The number of allylic oxidation sites excluding steroid dienone is 4. The molecule has 2 aromatic rings. The van der Waals surface area contributed by atoms with E-state index >= 15 is 0 Å². The van der Waals surface area contributed by atoms with E-state index in [0.29, 0.717) is 18.3 Å². The van der Waals surface area contributed by atoms with E-state index in [1.165, 1.54) is 42.0 Å². The molecule has 0 spiro atoms. The van der Waals surface area contributed by atoms with Gasteiger partial charge in [0.05, 0.1) is 4.48 Å². The minimum absolute atomic E-state index is 0.175. The van der Waals surface area contributed by atoms with Gasteiger partial charge >= 0.3 is 7.12 Å². The maximum Gasteiger partial charge on any atom is 0.488 e. The number of rotatable bonds is 2. The lowest BCUT2D eigenvalue weighted by Gasteiger charge is -2.02. The third-order valence-corrected chi connectivity index (χ3v) is 6.20. The Kier molecular flexibility index (Phi) is 9.69. The van der Waals surface area contributed by atoms with Crippen LogP contribution < -0.4 is 5.46 Å². The number of benzene rings is 2. The molecule has 0 aliphatic heterocycles. The molecule has 168 valence electrons. The van der Waals surface area contributed by atoms with Crippen molar-refractivity contribution in [2.45, 2.75) is 39.5 Å².